The van der Waals surface area contributed by atoms with Gasteiger partial charge in [0.1, 0.15) is 5.54 Å². The molecule has 2 unspecified atom stereocenters. The van der Waals surface area contributed by atoms with Gasteiger partial charge in [-0.3, -0.25) is 14.9 Å². The quantitative estimate of drug-likeness (QED) is 0.317. The predicted octanol–water partition coefficient (Wildman–Crippen LogP) is 3.56. The highest BCUT2D eigenvalue weighted by Gasteiger charge is 2.37. The SMILES string of the molecule is CC(C)CCNC(=O)C(C)(Cc1ccccc1)NC(=O)[C@H](Cc1ccccc1)NC(O)OC(C)(C)C. The van der Waals surface area contributed by atoms with Crippen molar-refractivity contribution in [3.63, 3.8) is 0 Å². The molecule has 0 bridgehead atoms. The molecule has 0 radical (unpaired) electrons. The fourth-order valence-corrected chi connectivity index (χ4v) is 3.83. The first-order valence-corrected chi connectivity index (χ1v) is 12.7. The smallest absolute Gasteiger partial charge is 0.245 e. The first kappa shape index (κ1) is 29.5. The zero-order chi connectivity index (χ0) is 26.8. The van der Waals surface area contributed by atoms with Gasteiger partial charge in [-0.15, -0.1) is 0 Å². The number of benzene rings is 2. The molecular formula is C29H43N3O4. The van der Waals surface area contributed by atoms with Crippen LogP contribution in [0.2, 0.25) is 0 Å². The van der Waals surface area contributed by atoms with Gasteiger partial charge in [0.2, 0.25) is 18.2 Å². The van der Waals surface area contributed by atoms with E-state index in [1.807, 2.05) is 81.4 Å². The maximum Gasteiger partial charge on any atom is 0.245 e. The summed E-state index contributed by atoms with van der Waals surface area (Å²) in [5.41, 5.74) is 0.0439. The highest BCUT2D eigenvalue weighted by molar-refractivity contribution is 5.93. The van der Waals surface area contributed by atoms with Crippen molar-refractivity contribution in [2.75, 3.05) is 6.54 Å². The highest BCUT2D eigenvalue weighted by Crippen LogP contribution is 2.16. The third kappa shape index (κ3) is 10.5. The molecule has 4 N–H and O–H groups in total. The minimum Gasteiger partial charge on any atom is -0.356 e. The van der Waals surface area contributed by atoms with E-state index >= 15 is 0 Å². The Morgan fingerprint density at radius 3 is 2.00 bits per heavy atom. The lowest BCUT2D eigenvalue weighted by atomic mass is 9.90. The lowest BCUT2D eigenvalue weighted by molar-refractivity contribution is -0.187. The van der Waals surface area contributed by atoms with Gasteiger partial charge in [0.25, 0.3) is 0 Å². The van der Waals surface area contributed by atoms with E-state index < -0.39 is 29.5 Å². The molecule has 0 fully saturated rings. The molecule has 7 heteroatoms. The molecule has 0 aliphatic heterocycles. The first-order chi connectivity index (χ1) is 16.9. The summed E-state index contributed by atoms with van der Waals surface area (Å²) in [6, 6.07) is 18.3. The average Bonchev–Trinajstić information content (AvgIpc) is 2.78. The van der Waals surface area contributed by atoms with E-state index in [1.54, 1.807) is 6.92 Å². The first-order valence-electron chi connectivity index (χ1n) is 12.7. The third-order valence-corrected chi connectivity index (χ3v) is 5.72. The topological polar surface area (TPSA) is 99.7 Å². The summed E-state index contributed by atoms with van der Waals surface area (Å²) in [6.07, 6.45) is 0.125. The van der Waals surface area contributed by atoms with Crippen LogP contribution >= 0.6 is 0 Å². The van der Waals surface area contributed by atoms with Gasteiger partial charge in [0, 0.05) is 13.0 Å². The van der Waals surface area contributed by atoms with Crippen LogP contribution in [0.4, 0.5) is 0 Å². The molecule has 3 atom stereocenters. The van der Waals surface area contributed by atoms with Crippen molar-refractivity contribution in [3.05, 3.63) is 71.8 Å². The molecule has 0 spiro atoms. The van der Waals surface area contributed by atoms with Crippen LogP contribution in [0, 0.1) is 5.92 Å². The van der Waals surface area contributed by atoms with Crippen molar-refractivity contribution in [3.8, 4) is 0 Å². The molecule has 2 aromatic rings. The van der Waals surface area contributed by atoms with Gasteiger partial charge in [-0.05, 0) is 57.6 Å². The molecule has 2 aromatic carbocycles. The van der Waals surface area contributed by atoms with Crippen molar-refractivity contribution in [1.82, 2.24) is 16.0 Å². The van der Waals surface area contributed by atoms with Crippen LogP contribution in [0.5, 0.6) is 0 Å². The Labute approximate surface area is 216 Å². The van der Waals surface area contributed by atoms with Gasteiger partial charge in [0.05, 0.1) is 11.6 Å². The van der Waals surface area contributed by atoms with Gasteiger partial charge in [-0.1, -0.05) is 74.5 Å². The molecule has 0 heterocycles. The molecule has 0 aliphatic carbocycles. The number of ether oxygens (including phenoxy) is 1. The normalized spacial score (nSPS) is 15.1. The number of nitrogens with one attached hydrogen (secondary N) is 3. The fraction of sp³-hybridized carbons (Fsp3) is 0.517. The van der Waals surface area contributed by atoms with Crippen molar-refractivity contribution in [1.29, 1.82) is 0 Å². The molecule has 0 saturated heterocycles. The number of hydrogen-bond acceptors (Lipinski definition) is 5. The zero-order valence-corrected chi connectivity index (χ0v) is 22.5. The summed E-state index contributed by atoms with van der Waals surface area (Å²) in [5.74, 6) is -0.192. The maximum atomic E-state index is 13.6. The second-order valence-corrected chi connectivity index (χ2v) is 10.9. The van der Waals surface area contributed by atoms with E-state index in [2.05, 4.69) is 29.8 Å². The van der Waals surface area contributed by atoms with E-state index in [0.29, 0.717) is 25.3 Å². The standard InChI is InChI=1S/C29H43N3O4/c1-21(2)17-18-30-26(34)29(6,20-23-15-11-8-12-16-23)32-25(33)24(19-22-13-9-7-10-14-22)31-27(35)36-28(3,4)5/h7-16,21,24,27,31,35H,17-20H2,1-6H3,(H,30,34)(H,32,33)/t24-,27?,29?/m0/s1. The highest BCUT2D eigenvalue weighted by atomic mass is 16.6. The molecule has 36 heavy (non-hydrogen) atoms. The number of rotatable bonds is 13. The summed E-state index contributed by atoms with van der Waals surface area (Å²) in [7, 11) is 0. The van der Waals surface area contributed by atoms with Crippen LogP contribution in [-0.2, 0) is 27.2 Å². The Morgan fingerprint density at radius 2 is 1.47 bits per heavy atom. The van der Waals surface area contributed by atoms with Gasteiger partial charge in [-0.25, -0.2) is 0 Å². The fourth-order valence-electron chi connectivity index (χ4n) is 3.83. The Morgan fingerprint density at radius 1 is 0.917 bits per heavy atom. The van der Waals surface area contributed by atoms with E-state index in [0.717, 1.165) is 17.5 Å². The molecule has 0 aliphatic rings. The van der Waals surface area contributed by atoms with Crippen molar-refractivity contribution >= 4 is 11.8 Å². The summed E-state index contributed by atoms with van der Waals surface area (Å²) >= 11 is 0. The molecule has 0 saturated carbocycles. The van der Waals surface area contributed by atoms with Gasteiger partial charge in [0.15, 0.2) is 0 Å². The second-order valence-electron chi connectivity index (χ2n) is 10.9. The van der Waals surface area contributed by atoms with Gasteiger partial charge >= 0.3 is 0 Å². The van der Waals surface area contributed by atoms with Crippen LogP contribution < -0.4 is 16.0 Å². The summed E-state index contributed by atoms with van der Waals surface area (Å²) in [6.45, 7) is 11.9. The molecule has 7 nitrogen and oxygen atoms in total. The minimum atomic E-state index is -1.36. The summed E-state index contributed by atoms with van der Waals surface area (Å²) in [4.78, 5) is 27.0. The largest absolute Gasteiger partial charge is 0.356 e. The number of aliphatic hydroxyl groups is 1. The molecule has 198 valence electrons. The van der Waals surface area contributed by atoms with E-state index in [4.69, 9.17) is 4.74 Å². The monoisotopic (exact) mass is 497 g/mol. The van der Waals surface area contributed by atoms with E-state index in [-0.39, 0.29) is 5.91 Å². The van der Waals surface area contributed by atoms with Crippen LogP contribution in [0.3, 0.4) is 0 Å². The molecular weight excluding hydrogens is 454 g/mol. The number of carbonyl (C=O) groups excluding carboxylic acids is 2. The Bertz CT molecular complexity index is 944. The molecule has 2 amide bonds. The second kappa shape index (κ2) is 13.5. The number of hydrogen-bond donors (Lipinski definition) is 4. The Kier molecular flexibility index (Phi) is 11.1. The van der Waals surface area contributed by atoms with Crippen molar-refractivity contribution in [2.45, 2.75) is 84.4 Å². The van der Waals surface area contributed by atoms with E-state index in [1.165, 1.54) is 0 Å². The summed E-state index contributed by atoms with van der Waals surface area (Å²) in [5, 5.41) is 19.4. The van der Waals surface area contributed by atoms with Gasteiger partial charge < -0.3 is 20.5 Å². The van der Waals surface area contributed by atoms with Crippen molar-refractivity contribution in [2.24, 2.45) is 5.92 Å². The zero-order valence-electron chi connectivity index (χ0n) is 22.5. The lowest BCUT2D eigenvalue weighted by Crippen LogP contribution is -2.62. The van der Waals surface area contributed by atoms with Crippen LogP contribution in [0.1, 0.15) is 59.1 Å². The Hall–Kier alpha value is -2.74. The molecule has 0 aromatic heterocycles. The summed E-state index contributed by atoms with van der Waals surface area (Å²) < 4.78 is 5.59. The lowest BCUT2D eigenvalue weighted by Gasteiger charge is -2.33. The third-order valence-electron chi connectivity index (χ3n) is 5.72. The predicted molar refractivity (Wildman–Crippen MR) is 143 cm³/mol. The van der Waals surface area contributed by atoms with Gasteiger partial charge in [-0.2, -0.15) is 0 Å². The Balaban J connectivity index is 2.27. The number of amides is 2. The van der Waals surface area contributed by atoms with Crippen molar-refractivity contribution < 1.29 is 19.4 Å². The molecule has 2 rings (SSSR count). The number of carbonyl (C=O) groups is 2. The van der Waals surface area contributed by atoms with Crippen LogP contribution in [-0.4, -0.2) is 47.1 Å². The average molecular weight is 498 g/mol. The van der Waals surface area contributed by atoms with Crippen LogP contribution in [0.25, 0.3) is 0 Å². The van der Waals surface area contributed by atoms with E-state index in [9.17, 15) is 14.7 Å². The number of aliphatic hydroxyl groups excluding tert-OH is 1. The minimum absolute atomic E-state index is 0.245. The van der Waals surface area contributed by atoms with Crippen LogP contribution in [0.15, 0.2) is 60.7 Å². The maximum absolute atomic E-state index is 13.6.